The first-order valence-corrected chi connectivity index (χ1v) is 14.4. The lowest BCUT2D eigenvalue weighted by Crippen LogP contribution is -2.11. The van der Waals surface area contributed by atoms with Crippen LogP contribution in [0, 0.1) is 0 Å². The molecule has 0 heterocycles. The van der Waals surface area contributed by atoms with Crippen molar-refractivity contribution in [1.29, 1.82) is 0 Å². The number of rotatable bonds is 26. The summed E-state index contributed by atoms with van der Waals surface area (Å²) in [6, 6.07) is 0. The zero-order valence-corrected chi connectivity index (χ0v) is 23.6. The molecule has 6 heteroatoms. The first-order valence-electron chi connectivity index (χ1n) is 14.4. The largest absolute Gasteiger partial charge is 0.463 e. The normalized spacial score (nSPS) is 10.3. The predicted octanol–water partition coefficient (Wildman–Crippen LogP) is 7.75. The molecule has 0 atom stereocenters. The van der Waals surface area contributed by atoms with Crippen LogP contribution in [0.4, 0.5) is 0 Å². The van der Waals surface area contributed by atoms with Gasteiger partial charge < -0.3 is 18.9 Å². The minimum absolute atomic E-state index is 0.261. The van der Waals surface area contributed by atoms with Crippen molar-refractivity contribution in [3.63, 3.8) is 0 Å². The van der Waals surface area contributed by atoms with Gasteiger partial charge in [-0.05, 0) is 13.3 Å². The summed E-state index contributed by atoms with van der Waals surface area (Å²) in [6.07, 6.45) is 24.1. The molecule has 0 bridgehead atoms. The van der Waals surface area contributed by atoms with Crippen LogP contribution in [0.5, 0.6) is 0 Å². The molecular formula is C30H56O6. The minimum Gasteiger partial charge on any atom is -0.463 e. The second-order valence-corrected chi connectivity index (χ2v) is 8.86. The molecule has 0 rings (SSSR count). The molecule has 0 fully saturated rings. The fraction of sp³-hybridized carbons (Fsp3) is 0.800. The van der Waals surface area contributed by atoms with Gasteiger partial charge in [0.05, 0.1) is 26.4 Å². The van der Waals surface area contributed by atoms with Gasteiger partial charge in [0.2, 0.25) is 0 Å². The number of ether oxygens (including phenoxy) is 4. The van der Waals surface area contributed by atoms with Gasteiger partial charge >= 0.3 is 11.9 Å². The van der Waals surface area contributed by atoms with Crippen molar-refractivity contribution in [2.24, 2.45) is 0 Å². The third-order valence-corrected chi connectivity index (χ3v) is 5.62. The van der Waals surface area contributed by atoms with Crippen LogP contribution in [0.25, 0.3) is 0 Å². The molecule has 212 valence electrons. The highest BCUT2D eigenvalue weighted by atomic mass is 16.6. The van der Waals surface area contributed by atoms with Gasteiger partial charge in [-0.1, -0.05) is 116 Å². The highest BCUT2D eigenvalue weighted by Crippen LogP contribution is 2.13. The molecule has 0 saturated carbocycles. The second kappa shape index (κ2) is 33.3. The molecule has 0 spiro atoms. The van der Waals surface area contributed by atoms with E-state index in [1.165, 1.54) is 102 Å². The summed E-state index contributed by atoms with van der Waals surface area (Å²) in [6.45, 7) is 13.8. The van der Waals surface area contributed by atoms with Crippen molar-refractivity contribution in [3.8, 4) is 0 Å². The van der Waals surface area contributed by atoms with Crippen molar-refractivity contribution in [2.45, 2.75) is 117 Å². The fourth-order valence-electron chi connectivity index (χ4n) is 3.51. The Kier molecular flexibility index (Phi) is 33.8. The van der Waals surface area contributed by atoms with Crippen molar-refractivity contribution in [1.82, 2.24) is 0 Å². The van der Waals surface area contributed by atoms with Gasteiger partial charge in [0, 0.05) is 18.8 Å². The van der Waals surface area contributed by atoms with E-state index in [-0.39, 0.29) is 12.6 Å². The third kappa shape index (κ3) is 34.5. The molecule has 0 unspecified atom stereocenters. The zero-order chi connectivity index (χ0) is 27.0. The standard InChI is InChI=1S/C21H40O2.C9H16O4/c1-3-5-6-7-8-9-10-11-12-13-14-15-16-17-18-19-20-23-21(22)4-2;1-3-9(10)13-8-7-12-6-5-11-4-2/h4H,2-3,5-20H2,1H3;3H,1,4-8H2,2H3. The summed E-state index contributed by atoms with van der Waals surface area (Å²) in [4.78, 5) is 21.4. The van der Waals surface area contributed by atoms with Crippen LogP contribution in [-0.4, -0.2) is 51.6 Å². The van der Waals surface area contributed by atoms with Gasteiger partial charge in [-0.15, -0.1) is 0 Å². The molecule has 0 aromatic heterocycles. The van der Waals surface area contributed by atoms with Crippen LogP contribution in [0.2, 0.25) is 0 Å². The smallest absolute Gasteiger partial charge is 0.330 e. The number of esters is 2. The summed E-state index contributed by atoms with van der Waals surface area (Å²) in [5.74, 6) is -0.723. The van der Waals surface area contributed by atoms with Gasteiger partial charge in [0.25, 0.3) is 0 Å². The lowest BCUT2D eigenvalue weighted by Gasteiger charge is -2.04. The summed E-state index contributed by atoms with van der Waals surface area (Å²) in [5, 5.41) is 0. The highest BCUT2D eigenvalue weighted by molar-refractivity contribution is 5.81. The molecular weight excluding hydrogens is 456 g/mol. The quantitative estimate of drug-likeness (QED) is 0.0670. The van der Waals surface area contributed by atoms with E-state index < -0.39 is 5.97 Å². The van der Waals surface area contributed by atoms with Crippen LogP contribution in [-0.2, 0) is 28.5 Å². The Hall–Kier alpha value is -1.66. The Bertz CT molecular complexity index is 492. The van der Waals surface area contributed by atoms with Gasteiger partial charge in [-0.2, -0.15) is 0 Å². The van der Waals surface area contributed by atoms with Gasteiger partial charge in [0.15, 0.2) is 0 Å². The van der Waals surface area contributed by atoms with Crippen LogP contribution in [0.15, 0.2) is 25.3 Å². The topological polar surface area (TPSA) is 71.1 Å². The molecule has 0 radical (unpaired) electrons. The number of unbranched alkanes of at least 4 members (excludes halogenated alkanes) is 15. The van der Waals surface area contributed by atoms with E-state index in [1.54, 1.807) is 0 Å². The molecule has 0 amide bonds. The third-order valence-electron chi connectivity index (χ3n) is 5.62. The van der Waals surface area contributed by atoms with E-state index in [4.69, 9.17) is 14.2 Å². The molecule has 0 aliphatic carbocycles. The maximum atomic E-state index is 10.8. The Balaban J connectivity index is 0. The molecule has 0 aliphatic rings. The highest BCUT2D eigenvalue weighted by Gasteiger charge is 1.97. The molecule has 0 saturated heterocycles. The molecule has 36 heavy (non-hydrogen) atoms. The lowest BCUT2D eigenvalue weighted by atomic mass is 10.0. The van der Waals surface area contributed by atoms with Crippen molar-refractivity contribution >= 4 is 11.9 Å². The first kappa shape index (κ1) is 36.5. The number of hydrogen-bond donors (Lipinski definition) is 0. The van der Waals surface area contributed by atoms with Crippen LogP contribution in [0.3, 0.4) is 0 Å². The average Bonchev–Trinajstić information content (AvgIpc) is 2.89. The summed E-state index contributed by atoms with van der Waals surface area (Å²) in [7, 11) is 0. The Morgan fingerprint density at radius 3 is 1.28 bits per heavy atom. The molecule has 0 aromatic carbocycles. The number of carbonyl (C=O) groups excluding carboxylic acids is 2. The molecule has 0 aromatic rings. The van der Waals surface area contributed by atoms with E-state index in [1.807, 2.05) is 6.92 Å². The van der Waals surface area contributed by atoms with Gasteiger partial charge in [0.1, 0.15) is 6.61 Å². The molecule has 6 nitrogen and oxygen atoms in total. The fourth-order valence-corrected chi connectivity index (χ4v) is 3.51. The van der Waals surface area contributed by atoms with Crippen LogP contribution < -0.4 is 0 Å². The van der Waals surface area contributed by atoms with E-state index in [0.717, 1.165) is 12.5 Å². The number of carbonyl (C=O) groups is 2. The SMILES string of the molecule is C=CC(=O)OCCCCCCCCCCCCCCCCCC.C=CC(=O)OCCOCCOCC. The van der Waals surface area contributed by atoms with Crippen molar-refractivity contribution in [2.75, 3.05) is 39.6 Å². The maximum absolute atomic E-state index is 10.8. The second-order valence-electron chi connectivity index (χ2n) is 8.86. The monoisotopic (exact) mass is 512 g/mol. The lowest BCUT2D eigenvalue weighted by molar-refractivity contribution is -0.139. The Morgan fingerprint density at radius 1 is 0.500 bits per heavy atom. The summed E-state index contributed by atoms with van der Waals surface area (Å²) >= 11 is 0. The van der Waals surface area contributed by atoms with Crippen LogP contribution in [0.1, 0.15) is 117 Å². The van der Waals surface area contributed by atoms with E-state index >= 15 is 0 Å². The summed E-state index contributed by atoms with van der Waals surface area (Å²) < 4.78 is 19.8. The maximum Gasteiger partial charge on any atom is 0.330 e. The zero-order valence-electron chi connectivity index (χ0n) is 23.6. The van der Waals surface area contributed by atoms with Crippen LogP contribution >= 0.6 is 0 Å². The first-order chi connectivity index (χ1) is 17.6. The Labute approximate surface area is 222 Å². The van der Waals surface area contributed by atoms with E-state index in [9.17, 15) is 9.59 Å². The Morgan fingerprint density at radius 2 is 0.861 bits per heavy atom. The van der Waals surface area contributed by atoms with Gasteiger partial charge in [-0.25, -0.2) is 9.59 Å². The molecule has 0 N–H and O–H groups in total. The molecule has 0 aliphatic heterocycles. The minimum atomic E-state index is -0.423. The van der Waals surface area contributed by atoms with E-state index in [2.05, 4.69) is 24.8 Å². The summed E-state index contributed by atoms with van der Waals surface area (Å²) in [5.41, 5.74) is 0. The number of hydrogen-bond acceptors (Lipinski definition) is 6. The van der Waals surface area contributed by atoms with Crippen molar-refractivity contribution < 1.29 is 28.5 Å². The average molecular weight is 513 g/mol. The predicted molar refractivity (Wildman–Crippen MR) is 149 cm³/mol. The van der Waals surface area contributed by atoms with E-state index in [0.29, 0.717) is 33.0 Å². The van der Waals surface area contributed by atoms with Gasteiger partial charge in [-0.3, -0.25) is 0 Å². The van der Waals surface area contributed by atoms with Crippen molar-refractivity contribution in [3.05, 3.63) is 25.3 Å².